The van der Waals surface area contributed by atoms with Crippen molar-refractivity contribution < 1.29 is 24.2 Å². The summed E-state index contributed by atoms with van der Waals surface area (Å²) in [7, 11) is 0. The molecule has 1 aromatic carbocycles. The van der Waals surface area contributed by atoms with E-state index in [4.69, 9.17) is 20.4 Å². The van der Waals surface area contributed by atoms with Crippen molar-refractivity contribution in [2.75, 3.05) is 11.9 Å². The molecule has 0 spiro atoms. The van der Waals surface area contributed by atoms with Gasteiger partial charge in [0.15, 0.2) is 11.9 Å². The van der Waals surface area contributed by atoms with Gasteiger partial charge in [0, 0.05) is 16.6 Å². The second-order valence-electron chi connectivity index (χ2n) is 5.62. The van der Waals surface area contributed by atoms with Gasteiger partial charge in [-0.1, -0.05) is 29.8 Å². The largest absolute Gasteiger partial charge is 0.483 e. The average Bonchev–Trinajstić information content (AvgIpc) is 2.54. The number of benzene rings is 1. The minimum atomic E-state index is -0.720. The Morgan fingerprint density at radius 2 is 1.88 bits per heavy atom. The number of ether oxygens (including phenoxy) is 1. The number of nitrogens with two attached hydrogens (primary N) is 1. The number of nitrogens with one attached hydrogen (secondary N) is 1. The number of amides is 1. The Morgan fingerprint density at radius 1 is 1.32 bits per heavy atom. The normalized spacial score (nSPS) is 11.1. The van der Waals surface area contributed by atoms with Crippen molar-refractivity contribution in [1.29, 1.82) is 0 Å². The molecule has 0 aliphatic heterocycles. The monoisotopic (exact) mass is 416 g/mol. The maximum atomic E-state index is 12.1. The van der Waals surface area contributed by atoms with Gasteiger partial charge >= 0.3 is 6.09 Å². The van der Waals surface area contributed by atoms with Gasteiger partial charge in [0.05, 0.1) is 0 Å². The third kappa shape index (κ3) is 11.3. The fraction of sp³-hybridized carbons (Fsp3) is 0.471. The Kier molecular flexibility index (Phi) is 12.3. The Morgan fingerprint density at radius 3 is 2.36 bits per heavy atom. The molecular formula is C17H25BrN2O5. The number of hydrogen-bond acceptors (Lipinski definition) is 5. The number of halogens is 1. The number of rotatable bonds is 8. The van der Waals surface area contributed by atoms with Crippen molar-refractivity contribution in [3.05, 3.63) is 28.7 Å². The lowest BCUT2D eigenvalue weighted by molar-refractivity contribution is -0.128. The molecule has 0 unspecified atom stereocenters. The summed E-state index contributed by atoms with van der Waals surface area (Å²) in [6.07, 6.45) is 0.109. The molecule has 25 heavy (non-hydrogen) atoms. The Bertz CT molecular complexity index is 534. The Balaban J connectivity index is 0.00000178. The number of Topliss-reactive ketones (excluding diaryl/α,β-unsaturated/α-hetero) is 1. The molecule has 1 aromatic rings. The lowest BCUT2D eigenvalue weighted by Gasteiger charge is -2.19. The van der Waals surface area contributed by atoms with Gasteiger partial charge in [-0.2, -0.15) is 0 Å². The zero-order valence-electron chi connectivity index (χ0n) is 14.4. The van der Waals surface area contributed by atoms with Gasteiger partial charge in [-0.25, -0.2) is 4.79 Å². The van der Waals surface area contributed by atoms with Crippen LogP contribution in [0.4, 0.5) is 10.5 Å². The first-order chi connectivity index (χ1) is 11.8. The molecule has 1 rings (SSSR count). The first-order valence-corrected chi connectivity index (χ1v) is 8.67. The third-order valence-corrected chi connectivity index (χ3v) is 3.54. The molecule has 0 fully saturated rings. The van der Waals surface area contributed by atoms with Crippen LogP contribution < -0.4 is 11.1 Å². The molecule has 4 N–H and O–H groups in total. The topological polar surface area (TPSA) is 119 Å². The predicted octanol–water partition coefficient (Wildman–Crippen LogP) is 3.42. The molecule has 0 saturated heterocycles. The summed E-state index contributed by atoms with van der Waals surface area (Å²) in [6, 6.07) is 7.12. The zero-order valence-corrected chi connectivity index (χ0v) is 16.0. The summed E-state index contributed by atoms with van der Waals surface area (Å²) in [5.41, 5.74) is 6.03. The van der Waals surface area contributed by atoms with E-state index in [2.05, 4.69) is 21.2 Å². The van der Waals surface area contributed by atoms with Crippen LogP contribution in [0.25, 0.3) is 0 Å². The van der Waals surface area contributed by atoms with Gasteiger partial charge in [0.25, 0.3) is 6.47 Å². The lowest BCUT2D eigenvalue weighted by Crippen LogP contribution is -2.31. The van der Waals surface area contributed by atoms with Crippen molar-refractivity contribution >= 4 is 40.0 Å². The van der Waals surface area contributed by atoms with Crippen molar-refractivity contribution in [3.63, 3.8) is 0 Å². The molecule has 7 nitrogen and oxygen atoms in total. The molecule has 1 atom stereocenters. The molecule has 0 heterocycles. The second kappa shape index (κ2) is 13.4. The second-order valence-corrected chi connectivity index (χ2v) is 6.54. The van der Waals surface area contributed by atoms with Crippen molar-refractivity contribution in [3.8, 4) is 0 Å². The maximum absolute atomic E-state index is 12.1. The van der Waals surface area contributed by atoms with Gasteiger partial charge in [0.1, 0.15) is 0 Å². The van der Waals surface area contributed by atoms with Gasteiger partial charge < -0.3 is 15.6 Å². The van der Waals surface area contributed by atoms with E-state index in [-0.39, 0.29) is 18.2 Å². The van der Waals surface area contributed by atoms with Crippen LogP contribution in [0.1, 0.15) is 33.1 Å². The van der Waals surface area contributed by atoms with E-state index in [9.17, 15) is 9.59 Å². The van der Waals surface area contributed by atoms with E-state index in [1.165, 1.54) is 0 Å². The Labute approximate surface area is 156 Å². The number of anilines is 1. The van der Waals surface area contributed by atoms with E-state index in [1.807, 2.05) is 26.0 Å². The van der Waals surface area contributed by atoms with Gasteiger partial charge in [-0.3, -0.25) is 14.9 Å². The van der Waals surface area contributed by atoms with Crippen LogP contribution in [-0.2, 0) is 14.3 Å². The quantitative estimate of drug-likeness (QED) is 0.558. The van der Waals surface area contributed by atoms with E-state index in [0.717, 1.165) is 4.47 Å². The molecule has 0 aliphatic carbocycles. The van der Waals surface area contributed by atoms with Crippen LogP contribution >= 0.6 is 15.9 Å². The number of carbonyl (C=O) groups is 3. The van der Waals surface area contributed by atoms with Crippen molar-refractivity contribution in [2.24, 2.45) is 11.7 Å². The van der Waals surface area contributed by atoms with E-state index >= 15 is 0 Å². The minimum absolute atomic E-state index is 0.0786. The van der Waals surface area contributed by atoms with Gasteiger partial charge in [-0.05, 0) is 49.6 Å². The molecule has 1 amide bonds. The molecule has 0 aliphatic rings. The van der Waals surface area contributed by atoms with Crippen LogP contribution in [0.5, 0.6) is 0 Å². The van der Waals surface area contributed by atoms with Crippen LogP contribution in [-0.4, -0.2) is 36.1 Å². The van der Waals surface area contributed by atoms with E-state index < -0.39 is 12.2 Å². The van der Waals surface area contributed by atoms with Gasteiger partial charge in [0.2, 0.25) is 0 Å². The highest BCUT2D eigenvalue weighted by Crippen LogP contribution is 2.16. The first-order valence-electron chi connectivity index (χ1n) is 7.87. The lowest BCUT2D eigenvalue weighted by atomic mass is 10.0. The number of ketones is 1. The maximum Gasteiger partial charge on any atom is 0.412 e. The smallest absolute Gasteiger partial charge is 0.412 e. The summed E-state index contributed by atoms with van der Waals surface area (Å²) in [6.45, 7) is 4.17. The highest BCUT2D eigenvalue weighted by Gasteiger charge is 2.23. The average molecular weight is 417 g/mol. The van der Waals surface area contributed by atoms with Crippen LogP contribution in [0, 0.1) is 5.92 Å². The number of carbonyl (C=O) groups excluding carboxylic acids is 2. The third-order valence-electron chi connectivity index (χ3n) is 3.01. The summed E-state index contributed by atoms with van der Waals surface area (Å²) >= 11 is 3.32. The highest BCUT2D eigenvalue weighted by molar-refractivity contribution is 9.10. The molecule has 140 valence electrons. The van der Waals surface area contributed by atoms with Crippen LogP contribution in [0.3, 0.4) is 0 Å². The van der Waals surface area contributed by atoms with Crippen molar-refractivity contribution in [1.82, 2.24) is 0 Å². The van der Waals surface area contributed by atoms with E-state index in [1.54, 1.807) is 12.1 Å². The summed E-state index contributed by atoms with van der Waals surface area (Å²) < 4.78 is 6.22. The van der Waals surface area contributed by atoms with Crippen LogP contribution in [0.2, 0.25) is 0 Å². The zero-order chi connectivity index (χ0) is 19.2. The number of hydrogen-bond donors (Lipinski definition) is 3. The van der Waals surface area contributed by atoms with Crippen LogP contribution in [0.15, 0.2) is 28.7 Å². The molecule has 8 heteroatoms. The summed E-state index contributed by atoms with van der Waals surface area (Å²) in [5, 5.41) is 9.51. The van der Waals surface area contributed by atoms with Gasteiger partial charge in [-0.15, -0.1) is 0 Å². The molecule has 0 radical (unpaired) electrons. The fourth-order valence-corrected chi connectivity index (χ4v) is 2.18. The standard InChI is InChI=1S/C16H23BrN2O3.CH2O2/c1-11(2)10-15(14(20)4-3-9-18)22-16(21)19-13-7-5-12(17)6-8-13;2-1-3/h5-8,11,15H,3-4,9-10,18H2,1-2H3,(H,19,21);1H,(H,2,3)/t15-;/m0./s1. The summed E-state index contributed by atoms with van der Waals surface area (Å²) in [4.78, 5) is 32.4. The highest BCUT2D eigenvalue weighted by atomic mass is 79.9. The van der Waals surface area contributed by atoms with E-state index in [0.29, 0.717) is 31.5 Å². The Hall–Kier alpha value is -1.93. The molecule has 0 bridgehead atoms. The SMILES string of the molecule is CC(C)C[C@H](OC(=O)Nc1ccc(Br)cc1)C(=O)CCCN.O=CO. The number of carboxylic acid groups (broad SMARTS) is 1. The van der Waals surface area contributed by atoms with Crippen molar-refractivity contribution in [2.45, 2.75) is 39.2 Å². The molecule has 0 saturated carbocycles. The molecule has 0 aromatic heterocycles. The summed E-state index contributed by atoms with van der Waals surface area (Å²) in [5.74, 6) is 0.178. The molecular weight excluding hydrogens is 392 g/mol. The minimum Gasteiger partial charge on any atom is -0.483 e. The first kappa shape index (κ1) is 23.1. The fourth-order valence-electron chi connectivity index (χ4n) is 1.92. The predicted molar refractivity (Wildman–Crippen MR) is 99.5 cm³/mol.